The Morgan fingerprint density at radius 2 is 2.03 bits per heavy atom. The molecule has 0 saturated carbocycles. The van der Waals surface area contributed by atoms with Crippen LogP contribution in [0.1, 0.15) is 17.5 Å². The minimum absolute atomic E-state index is 0.395. The van der Waals surface area contributed by atoms with Crippen molar-refractivity contribution >= 4 is 23.4 Å². The third kappa shape index (κ3) is 6.35. The Morgan fingerprint density at radius 3 is 2.79 bits per heavy atom. The Labute approximate surface area is 179 Å². The van der Waals surface area contributed by atoms with Crippen LogP contribution in [0.5, 0.6) is 11.5 Å². The molecule has 0 saturated heterocycles. The Hall–Kier alpha value is -2.29. The number of tetrazole rings is 1. The molecule has 3 rings (SSSR count). The largest absolute Gasteiger partial charge is 0.493 e. The van der Waals surface area contributed by atoms with Gasteiger partial charge in [0.15, 0.2) is 11.5 Å². The van der Waals surface area contributed by atoms with Crippen LogP contribution in [0.4, 0.5) is 0 Å². The van der Waals surface area contributed by atoms with E-state index in [1.165, 1.54) is 0 Å². The minimum atomic E-state index is 0.395. The number of ether oxygens (including phenoxy) is 2. The first-order valence-electron chi connectivity index (χ1n) is 9.26. The number of benzene rings is 2. The van der Waals surface area contributed by atoms with E-state index in [0.717, 1.165) is 41.5 Å². The standard InChI is InChI=1S/C20H24ClN5O2S/c1-26-20(23-24-25-26)29-11-5-10-22-13-15-8-9-18(19(12-15)27-2)28-14-16-6-3-4-7-17(16)21/h3-4,6-9,12,22H,5,10-11,13-14H2,1-2H3. The van der Waals surface area contributed by atoms with Gasteiger partial charge in [0.2, 0.25) is 5.16 Å². The van der Waals surface area contributed by atoms with Gasteiger partial charge in [0.05, 0.1) is 7.11 Å². The van der Waals surface area contributed by atoms with Crippen molar-refractivity contribution in [1.82, 2.24) is 25.5 Å². The highest BCUT2D eigenvalue weighted by molar-refractivity contribution is 7.99. The summed E-state index contributed by atoms with van der Waals surface area (Å²) in [6, 6.07) is 13.6. The molecule has 7 nitrogen and oxygen atoms in total. The maximum Gasteiger partial charge on any atom is 0.209 e. The highest BCUT2D eigenvalue weighted by Crippen LogP contribution is 2.29. The summed E-state index contributed by atoms with van der Waals surface area (Å²) in [6.07, 6.45) is 1.02. The second-order valence-electron chi connectivity index (χ2n) is 6.33. The predicted molar refractivity (Wildman–Crippen MR) is 115 cm³/mol. The quantitative estimate of drug-likeness (QED) is 0.365. The summed E-state index contributed by atoms with van der Waals surface area (Å²) in [5, 5.41) is 16.4. The van der Waals surface area contributed by atoms with Gasteiger partial charge in [-0.05, 0) is 47.2 Å². The normalized spacial score (nSPS) is 10.9. The van der Waals surface area contributed by atoms with Gasteiger partial charge in [-0.25, -0.2) is 4.68 Å². The topological polar surface area (TPSA) is 74.1 Å². The van der Waals surface area contributed by atoms with E-state index in [2.05, 4.69) is 20.8 Å². The minimum Gasteiger partial charge on any atom is -0.493 e. The second-order valence-corrected chi connectivity index (χ2v) is 7.80. The average molecular weight is 434 g/mol. The molecule has 0 amide bonds. The molecule has 0 unspecified atom stereocenters. The van der Waals surface area contributed by atoms with Crippen molar-refractivity contribution in [2.45, 2.75) is 24.7 Å². The van der Waals surface area contributed by atoms with E-state index in [4.69, 9.17) is 21.1 Å². The van der Waals surface area contributed by atoms with E-state index >= 15 is 0 Å². The fraction of sp³-hybridized carbons (Fsp3) is 0.350. The summed E-state index contributed by atoms with van der Waals surface area (Å²) in [5.74, 6) is 2.37. The first kappa shape index (κ1) is 21.4. The van der Waals surface area contributed by atoms with Crippen LogP contribution in [0.15, 0.2) is 47.6 Å². The van der Waals surface area contributed by atoms with Crippen molar-refractivity contribution in [3.05, 3.63) is 58.6 Å². The molecule has 29 heavy (non-hydrogen) atoms. The molecule has 0 aliphatic carbocycles. The van der Waals surface area contributed by atoms with Crippen molar-refractivity contribution in [1.29, 1.82) is 0 Å². The highest BCUT2D eigenvalue weighted by atomic mass is 35.5. The molecule has 0 aliphatic rings. The number of thioether (sulfide) groups is 1. The number of methoxy groups -OCH3 is 1. The van der Waals surface area contributed by atoms with E-state index in [0.29, 0.717) is 23.1 Å². The molecule has 1 heterocycles. The lowest BCUT2D eigenvalue weighted by atomic mass is 10.2. The van der Waals surface area contributed by atoms with Gasteiger partial charge >= 0.3 is 0 Å². The SMILES string of the molecule is COc1cc(CNCCCSc2nnnn2C)ccc1OCc1ccccc1Cl. The summed E-state index contributed by atoms with van der Waals surface area (Å²) in [5.41, 5.74) is 2.08. The van der Waals surface area contributed by atoms with Crippen LogP contribution in [0.3, 0.4) is 0 Å². The lowest BCUT2D eigenvalue weighted by molar-refractivity contribution is 0.284. The van der Waals surface area contributed by atoms with Gasteiger partial charge in [-0.1, -0.05) is 47.6 Å². The maximum absolute atomic E-state index is 6.19. The van der Waals surface area contributed by atoms with Crippen LogP contribution in [-0.4, -0.2) is 39.6 Å². The molecule has 0 spiro atoms. The van der Waals surface area contributed by atoms with Crippen molar-refractivity contribution in [2.75, 3.05) is 19.4 Å². The molecule has 0 radical (unpaired) electrons. The van der Waals surface area contributed by atoms with Gasteiger partial charge in [0, 0.05) is 29.9 Å². The van der Waals surface area contributed by atoms with Crippen molar-refractivity contribution < 1.29 is 9.47 Å². The van der Waals surface area contributed by atoms with Crippen molar-refractivity contribution in [3.8, 4) is 11.5 Å². The number of nitrogens with zero attached hydrogens (tertiary/aromatic N) is 4. The number of rotatable bonds is 11. The smallest absolute Gasteiger partial charge is 0.209 e. The molecule has 2 aromatic carbocycles. The van der Waals surface area contributed by atoms with Gasteiger partial charge in [0.1, 0.15) is 6.61 Å². The average Bonchev–Trinajstić information content (AvgIpc) is 3.15. The number of nitrogens with one attached hydrogen (secondary N) is 1. The zero-order valence-electron chi connectivity index (χ0n) is 16.5. The second kappa shape index (κ2) is 11.0. The predicted octanol–water partition coefficient (Wildman–Crippen LogP) is 3.72. The van der Waals surface area contributed by atoms with Crippen LogP contribution in [0.25, 0.3) is 0 Å². The summed E-state index contributed by atoms with van der Waals surface area (Å²) in [7, 11) is 3.49. The summed E-state index contributed by atoms with van der Waals surface area (Å²) in [6.45, 7) is 2.06. The van der Waals surface area contributed by atoms with Crippen molar-refractivity contribution in [3.63, 3.8) is 0 Å². The lowest BCUT2D eigenvalue weighted by Crippen LogP contribution is -2.15. The molecule has 0 aliphatic heterocycles. The van der Waals surface area contributed by atoms with E-state index in [9.17, 15) is 0 Å². The van der Waals surface area contributed by atoms with Crippen LogP contribution < -0.4 is 14.8 Å². The molecular formula is C20H24ClN5O2S. The number of aromatic nitrogens is 4. The zero-order valence-corrected chi connectivity index (χ0v) is 18.0. The first-order valence-corrected chi connectivity index (χ1v) is 10.6. The van der Waals surface area contributed by atoms with Gasteiger partial charge in [0.25, 0.3) is 0 Å². The number of halogens is 1. The van der Waals surface area contributed by atoms with Crippen LogP contribution in [0.2, 0.25) is 5.02 Å². The zero-order chi connectivity index (χ0) is 20.5. The highest BCUT2D eigenvalue weighted by Gasteiger charge is 2.08. The monoisotopic (exact) mass is 433 g/mol. The van der Waals surface area contributed by atoms with E-state index in [1.54, 1.807) is 23.6 Å². The van der Waals surface area contributed by atoms with Crippen LogP contribution in [-0.2, 0) is 20.2 Å². The van der Waals surface area contributed by atoms with Crippen molar-refractivity contribution in [2.24, 2.45) is 7.05 Å². The Morgan fingerprint density at radius 1 is 1.17 bits per heavy atom. The third-order valence-corrected chi connectivity index (χ3v) is 5.67. The maximum atomic E-state index is 6.19. The molecule has 0 bridgehead atoms. The molecular weight excluding hydrogens is 410 g/mol. The Balaban J connectivity index is 1.43. The van der Waals surface area contributed by atoms with Crippen LogP contribution >= 0.6 is 23.4 Å². The molecule has 3 aromatic rings. The number of hydrogen-bond donors (Lipinski definition) is 1. The fourth-order valence-corrected chi connectivity index (χ4v) is 3.63. The molecule has 1 N–H and O–H groups in total. The van der Waals surface area contributed by atoms with Gasteiger partial charge in [-0.3, -0.25) is 0 Å². The summed E-state index contributed by atoms with van der Waals surface area (Å²) in [4.78, 5) is 0. The third-order valence-electron chi connectivity index (χ3n) is 4.21. The van der Waals surface area contributed by atoms with E-state index < -0.39 is 0 Å². The number of hydrogen-bond acceptors (Lipinski definition) is 7. The fourth-order valence-electron chi connectivity index (χ4n) is 2.65. The molecule has 0 fully saturated rings. The first-order chi connectivity index (χ1) is 14.2. The number of aryl methyl sites for hydroxylation is 1. The van der Waals surface area contributed by atoms with Crippen LogP contribution in [0, 0.1) is 0 Å². The molecule has 154 valence electrons. The van der Waals surface area contributed by atoms with E-state index in [1.807, 2.05) is 49.5 Å². The van der Waals surface area contributed by atoms with Gasteiger partial charge < -0.3 is 14.8 Å². The van der Waals surface area contributed by atoms with Gasteiger partial charge in [-0.2, -0.15) is 0 Å². The van der Waals surface area contributed by atoms with Gasteiger partial charge in [-0.15, -0.1) is 5.10 Å². The summed E-state index contributed by atoms with van der Waals surface area (Å²) >= 11 is 7.84. The lowest BCUT2D eigenvalue weighted by Gasteiger charge is -2.13. The molecule has 9 heteroatoms. The van der Waals surface area contributed by atoms with E-state index in [-0.39, 0.29) is 0 Å². The summed E-state index contributed by atoms with van der Waals surface area (Å²) < 4.78 is 13.1. The Kier molecular flexibility index (Phi) is 8.15. The molecule has 0 atom stereocenters. The Bertz CT molecular complexity index is 921. The molecule has 1 aromatic heterocycles.